The molecule has 1 N–H and O–H groups in total. The van der Waals surface area contributed by atoms with Gasteiger partial charge in [0, 0.05) is 29.6 Å². The number of methoxy groups -OCH3 is 2. The molecule has 1 fully saturated rings. The summed E-state index contributed by atoms with van der Waals surface area (Å²) >= 11 is 1.29. The van der Waals surface area contributed by atoms with Gasteiger partial charge in [-0.15, -0.1) is 11.3 Å². The van der Waals surface area contributed by atoms with Crippen molar-refractivity contribution in [3.63, 3.8) is 0 Å². The molecule has 0 radical (unpaired) electrons. The summed E-state index contributed by atoms with van der Waals surface area (Å²) in [6.45, 7) is 4.28. The molecule has 2 atom stereocenters. The molecule has 1 amide bonds. The van der Waals surface area contributed by atoms with Crippen molar-refractivity contribution in [2.45, 2.75) is 31.0 Å². The fraction of sp³-hybridized carbons (Fsp3) is 0.333. The first-order valence-corrected chi connectivity index (χ1v) is 13.3. The zero-order valence-electron chi connectivity index (χ0n) is 19.8. The van der Waals surface area contributed by atoms with E-state index in [4.69, 9.17) is 14.2 Å². The minimum atomic E-state index is -3.68. The number of sulfonamides is 1. The highest BCUT2D eigenvalue weighted by atomic mass is 32.2. The summed E-state index contributed by atoms with van der Waals surface area (Å²) in [5.74, 6) is 0.818. The third kappa shape index (κ3) is 5.48. The highest BCUT2D eigenvalue weighted by molar-refractivity contribution is 7.89. The van der Waals surface area contributed by atoms with Gasteiger partial charge in [-0.05, 0) is 56.3 Å². The van der Waals surface area contributed by atoms with Crippen LogP contribution >= 0.6 is 11.3 Å². The highest BCUT2D eigenvalue weighted by Gasteiger charge is 2.32. The van der Waals surface area contributed by atoms with Crippen LogP contribution in [-0.4, -0.2) is 63.1 Å². The second kappa shape index (κ2) is 10.3. The molecule has 186 valence electrons. The number of nitrogens with one attached hydrogen (secondary N) is 1. The summed E-state index contributed by atoms with van der Waals surface area (Å²) in [6.07, 6.45) is -0.360. The standard InChI is InChI=1S/C24H27N3O6S2/c1-15-12-27(13-16(2)33-15)35(29,30)19-8-5-17(6-9-19)23(28)26-24-25-20(14-34-24)18-7-10-21(31-3)22(11-18)32-4/h5-11,14-16H,12-13H2,1-4H3,(H,25,26,28)/t15-,16-/m1/s1. The number of aromatic nitrogens is 1. The Kier molecular flexibility index (Phi) is 7.41. The number of rotatable bonds is 7. The maximum Gasteiger partial charge on any atom is 0.257 e. The molecular formula is C24H27N3O6S2. The first-order chi connectivity index (χ1) is 16.7. The zero-order valence-corrected chi connectivity index (χ0v) is 21.5. The van der Waals surface area contributed by atoms with Crippen LogP contribution in [0.1, 0.15) is 24.2 Å². The molecule has 2 heterocycles. The van der Waals surface area contributed by atoms with E-state index in [0.29, 0.717) is 41.0 Å². The van der Waals surface area contributed by atoms with Crippen molar-refractivity contribution in [2.75, 3.05) is 32.6 Å². The smallest absolute Gasteiger partial charge is 0.257 e. The Labute approximate surface area is 208 Å². The molecule has 0 unspecified atom stereocenters. The fourth-order valence-corrected chi connectivity index (χ4v) is 6.19. The van der Waals surface area contributed by atoms with Crippen LogP contribution in [0, 0.1) is 0 Å². The Morgan fingerprint density at radius 3 is 2.34 bits per heavy atom. The van der Waals surface area contributed by atoms with Gasteiger partial charge in [-0.25, -0.2) is 13.4 Å². The van der Waals surface area contributed by atoms with Gasteiger partial charge in [-0.3, -0.25) is 10.1 Å². The van der Waals surface area contributed by atoms with Crippen LogP contribution in [-0.2, 0) is 14.8 Å². The minimum Gasteiger partial charge on any atom is -0.493 e. The number of nitrogens with zero attached hydrogens (tertiary/aromatic N) is 2. The lowest BCUT2D eigenvalue weighted by Gasteiger charge is -2.34. The van der Waals surface area contributed by atoms with E-state index in [2.05, 4.69) is 10.3 Å². The molecule has 1 aromatic heterocycles. The summed E-state index contributed by atoms with van der Waals surface area (Å²) in [7, 11) is -0.544. The zero-order chi connectivity index (χ0) is 25.2. The molecule has 1 aliphatic rings. The van der Waals surface area contributed by atoms with Gasteiger partial charge in [0.2, 0.25) is 10.0 Å². The topological polar surface area (TPSA) is 107 Å². The minimum absolute atomic E-state index is 0.139. The van der Waals surface area contributed by atoms with E-state index in [9.17, 15) is 13.2 Å². The summed E-state index contributed by atoms with van der Waals surface area (Å²) < 4.78 is 43.7. The van der Waals surface area contributed by atoms with Crippen LogP contribution in [0.4, 0.5) is 5.13 Å². The number of thiazole rings is 1. The molecule has 35 heavy (non-hydrogen) atoms. The molecular weight excluding hydrogens is 490 g/mol. The number of ether oxygens (including phenoxy) is 3. The van der Waals surface area contributed by atoms with Gasteiger partial charge < -0.3 is 14.2 Å². The van der Waals surface area contributed by atoms with Gasteiger partial charge in [-0.1, -0.05) is 0 Å². The lowest BCUT2D eigenvalue weighted by atomic mass is 10.1. The van der Waals surface area contributed by atoms with Crippen molar-refractivity contribution in [3.05, 3.63) is 53.4 Å². The van der Waals surface area contributed by atoms with E-state index < -0.39 is 10.0 Å². The molecule has 0 bridgehead atoms. The third-order valence-corrected chi connectivity index (χ3v) is 8.15. The summed E-state index contributed by atoms with van der Waals surface area (Å²) in [5, 5.41) is 5.02. The Morgan fingerprint density at radius 2 is 1.71 bits per heavy atom. The quantitative estimate of drug-likeness (QED) is 0.507. The van der Waals surface area contributed by atoms with Crippen molar-refractivity contribution in [1.29, 1.82) is 0 Å². The van der Waals surface area contributed by atoms with Crippen LogP contribution in [0.25, 0.3) is 11.3 Å². The third-order valence-electron chi connectivity index (χ3n) is 5.54. The normalized spacial score (nSPS) is 18.7. The highest BCUT2D eigenvalue weighted by Crippen LogP contribution is 2.33. The number of carbonyl (C=O) groups is 1. The fourth-order valence-electron chi connectivity index (χ4n) is 3.88. The lowest BCUT2D eigenvalue weighted by molar-refractivity contribution is -0.0440. The first-order valence-electron chi connectivity index (χ1n) is 11.0. The molecule has 0 spiro atoms. The Hall–Kier alpha value is -2.99. The molecule has 1 aliphatic heterocycles. The van der Waals surface area contributed by atoms with Crippen molar-refractivity contribution < 1.29 is 27.4 Å². The van der Waals surface area contributed by atoms with Crippen molar-refractivity contribution in [1.82, 2.24) is 9.29 Å². The molecule has 0 saturated carbocycles. The average Bonchev–Trinajstić information content (AvgIpc) is 3.31. The molecule has 0 aliphatic carbocycles. The number of amides is 1. The first kappa shape index (κ1) is 25.1. The van der Waals surface area contributed by atoms with Crippen LogP contribution in [0.15, 0.2) is 52.7 Å². The Bertz CT molecular complexity index is 1300. The van der Waals surface area contributed by atoms with Crippen LogP contribution in [0.5, 0.6) is 11.5 Å². The predicted molar refractivity (Wildman–Crippen MR) is 134 cm³/mol. The second-order valence-electron chi connectivity index (χ2n) is 8.17. The van der Waals surface area contributed by atoms with Crippen LogP contribution < -0.4 is 14.8 Å². The molecule has 3 aromatic rings. The largest absolute Gasteiger partial charge is 0.493 e. The van der Waals surface area contributed by atoms with E-state index in [1.54, 1.807) is 20.3 Å². The number of benzene rings is 2. The summed E-state index contributed by atoms with van der Waals surface area (Å²) in [6, 6.07) is 11.4. The Morgan fingerprint density at radius 1 is 1.06 bits per heavy atom. The van der Waals surface area contributed by atoms with Crippen LogP contribution in [0.3, 0.4) is 0 Å². The molecule has 9 nitrogen and oxygen atoms in total. The Balaban J connectivity index is 1.45. The predicted octanol–water partition coefficient (Wildman–Crippen LogP) is 3.88. The summed E-state index contributed by atoms with van der Waals surface area (Å²) in [5.41, 5.74) is 1.83. The maximum absolute atomic E-state index is 13.0. The van der Waals surface area contributed by atoms with E-state index in [1.165, 1.54) is 39.9 Å². The lowest BCUT2D eigenvalue weighted by Crippen LogP contribution is -2.48. The van der Waals surface area contributed by atoms with Gasteiger partial charge in [0.05, 0.1) is 37.0 Å². The van der Waals surface area contributed by atoms with Crippen molar-refractivity contribution in [3.8, 4) is 22.8 Å². The summed E-state index contributed by atoms with van der Waals surface area (Å²) in [4.78, 5) is 17.4. The van der Waals surface area contributed by atoms with E-state index in [1.807, 2.05) is 31.4 Å². The molecule has 1 saturated heterocycles. The molecule has 11 heteroatoms. The number of morpholine rings is 1. The van der Waals surface area contributed by atoms with Gasteiger partial charge in [0.15, 0.2) is 16.6 Å². The number of anilines is 1. The van der Waals surface area contributed by atoms with E-state index >= 15 is 0 Å². The number of carbonyl (C=O) groups excluding carboxylic acids is 1. The van der Waals surface area contributed by atoms with Crippen molar-refractivity contribution in [2.24, 2.45) is 0 Å². The number of hydrogen-bond donors (Lipinski definition) is 1. The van der Waals surface area contributed by atoms with Crippen molar-refractivity contribution >= 4 is 32.4 Å². The van der Waals surface area contributed by atoms with Gasteiger partial charge in [0.1, 0.15) is 0 Å². The average molecular weight is 518 g/mol. The van der Waals surface area contributed by atoms with Gasteiger partial charge in [-0.2, -0.15) is 4.31 Å². The van der Waals surface area contributed by atoms with Gasteiger partial charge >= 0.3 is 0 Å². The maximum atomic E-state index is 13.0. The molecule has 4 rings (SSSR count). The van der Waals surface area contributed by atoms with E-state index in [-0.39, 0.29) is 23.0 Å². The monoisotopic (exact) mass is 517 g/mol. The van der Waals surface area contributed by atoms with E-state index in [0.717, 1.165) is 5.56 Å². The SMILES string of the molecule is COc1ccc(-c2csc(NC(=O)c3ccc(S(=O)(=O)N4C[C@@H](C)O[C@H](C)C4)cc3)n2)cc1OC. The van der Waals surface area contributed by atoms with Crippen LogP contribution in [0.2, 0.25) is 0 Å². The van der Waals surface area contributed by atoms with Gasteiger partial charge in [0.25, 0.3) is 5.91 Å². The molecule has 2 aromatic carbocycles. The second-order valence-corrected chi connectivity index (χ2v) is 11.0. The number of hydrogen-bond acceptors (Lipinski definition) is 8.